The minimum Gasteiger partial charge on any atom is -0.448 e. The van der Waals surface area contributed by atoms with Gasteiger partial charge in [-0.1, -0.05) is 12.1 Å². The molecule has 1 aromatic heterocycles. The summed E-state index contributed by atoms with van der Waals surface area (Å²) < 4.78 is 17.8. The van der Waals surface area contributed by atoms with Gasteiger partial charge in [-0.25, -0.2) is 14.2 Å². The summed E-state index contributed by atoms with van der Waals surface area (Å²) in [6, 6.07) is 6.03. The molecule has 0 saturated heterocycles. The first kappa shape index (κ1) is 16.5. The molecule has 0 bridgehead atoms. The van der Waals surface area contributed by atoms with Gasteiger partial charge in [0.05, 0.1) is 6.20 Å². The van der Waals surface area contributed by atoms with Crippen LogP contribution in [0.5, 0.6) is 0 Å². The van der Waals surface area contributed by atoms with Crippen LogP contribution in [0.3, 0.4) is 0 Å². The average molecular weight is 317 g/mol. The Hall–Kier alpha value is -2.83. The molecule has 1 atom stereocenters. The molecule has 23 heavy (non-hydrogen) atoms. The standard InChI is InChI=1S/C16H16FN3O3/c1-11(23-16(22)14-10-18-8-9-19-14)15(21)20-7-6-12-2-4-13(17)5-3-12/h2-5,8-11H,6-7H2,1H3,(H,20,21)/t11-/m1/s1. The smallest absolute Gasteiger partial charge is 0.359 e. The number of carbonyl (C=O) groups excluding carboxylic acids is 2. The van der Waals surface area contributed by atoms with E-state index in [0.29, 0.717) is 13.0 Å². The van der Waals surface area contributed by atoms with Crippen LogP contribution < -0.4 is 5.32 Å². The second kappa shape index (κ2) is 7.98. The quantitative estimate of drug-likeness (QED) is 0.817. The van der Waals surface area contributed by atoms with Crippen molar-refractivity contribution in [2.24, 2.45) is 0 Å². The third kappa shape index (κ3) is 5.14. The highest BCUT2D eigenvalue weighted by molar-refractivity contribution is 5.90. The first-order valence-corrected chi connectivity index (χ1v) is 7.05. The molecule has 0 aliphatic heterocycles. The van der Waals surface area contributed by atoms with Crippen molar-refractivity contribution in [3.63, 3.8) is 0 Å². The van der Waals surface area contributed by atoms with Gasteiger partial charge in [0.25, 0.3) is 5.91 Å². The monoisotopic (exact) mass is 317 g/mol. The summed E-state index contributed by atoms with van der Waals surface area (Å²) in [5.74, 6) is -1.43. The first-order chi connectivity index (χ1) is 11.1. The number of nitrogens with one attached hydrogen (secondary N) is 1. The number of ether oxygens (including phenoxy) is 1. The van der Waals surface area contributed by atoms with Gasteiger partial charge < -0.3 is 10.1 Å². The molecule has 0 aliphatic rings. The van der Waals surface area contributed by atoms with Gasteiger partial charge in [0.1, 0.15) is 5.82 Å². The second-order valence-corrected chi connectivity index (χ2v) is 4.81. The number of halogens is 1. The Bertz CT molecular complexity index is 662. The van der Waals surface area contributed by atoms with Crippen molar-refractivity contribution in [2.45, 2.75) is 19.4 Å². The third-order valence-corrected chi connectivity index (χ3v) is 3.05. The number of hydrogen-bond acceptors (Lipinski definition) is 5. The largest absolute Gasteiger partial charge is 0.448 e. The van der Waals surface area contributed by atoms with E-state index < -0.39 is 18.0 Å². The SMILES string of the molecule is C[C@@H](OC(=O)c1cnccn1)C(=O)NCCc1ccc(F)cc1. The predicted molar refractivity (Wildman–Crippen MR) is 80.0 cm³/mol. The Morgan fingerprint density at radius 2 is 2.00 bits per heavy atom. The van der Waals surface area contributed by atoms with Gasteiger partial charge in [-0.3, -0.25) is 9.78 Å². The molecule has 0 aliphatic carbocycles. The number of hydrogen-bond donors (Lipinski definition) is 1. The highest BCUT2D eigenvalue weighted by Gasteiger charge is 2.19. The van der Waals surface area contributed by atoms with Gasteiger partial charge in [-0.05, 0) is 31.0 Å². The number of benzene rings is 1. The molecular formula is C16H16FN3O3. The van der Waals surface area contributed by atoms with Crippen molar-refractivity contribution >= 4 is 11.9 Å². The van der Waals surface area contributed by atoms with Crippen LogP contribution in [0.2, 0.25) is 0 Å². The zero-order valence-electron chi connectivity index (χ0n) is 12.5. The Labute approximate surface area is 132 Å². The van der Waals surface area contributed by atoms with E-state index in [0.717, 1.165) is 5.56 Å². The van der Waals surface area contributed by atoms with Crippen LogP contribution in [0.25, 0.3) is 0 Å². The maximum absolute atomic E-state index is 12.8. The van der Waals surface area contributed by atoms with Crippen molar-refractivity contribution in [2.75, 3.05) is 6.54 Å². The van der Waals surface area contributed by atoms with Crippen LogP contribution in [0, 0.1) is 5.82 Å². The van der Waals surface area contributed by atoms with Gasteiger partial charge in [0, 0.05) is 18.9 Å². The van der Waals surface area contributed by atoms with Crippen LogP contribution >= 0.6 is 0 Å². The van der Waals surface area contributed by atoms with E-state index in [1.54, 1.807) is 12.1 Å². The van der Waals surface area contributed by atoms with E-state index in [1.165, 1.54) is 37.6 Å². The lowest BCUT2D eigenvalue weighted by Gasteiger charge is -2.13. The van der Waals surface area contributed by atoms with Gasteiger partial charge in [-0.2, -0.15) is 0 Å². The third-order valence-electron chi connectivity index (χ3n) is 3.05. The first-order valence-electron chi connectivity index (χ1n) is 7.05. The van der Waals surface area contributed by atoms with Crippen LogP contribution in [-0.4, -0.2) is 34.5 Å². The van der Waals surface area contributed by atoms with E-state index in [-0.39, 0.29) is 11.5 Å². The molecule has 2 aromatic rings. The molecule has 6 nitrogen and oxygen atoms in total. The van der Waals surface area contributed by atoms with Crippen molar-refractivity contribution in [3.8, 4) is 0 Å². The summed E-state index contributed by atoms with van der Waals surface area (Å²) in [6.45, 7) is 1.83. The van der Waals surface area contributed by atoms with Gasteiger partial charge >= 0.3 is 5.97 Å². The van der Waals surface area contributed by atoms with Gasteiger partial charge in [0.2, 0.25) is 0 Å². The topological polar surface area (TPSA) is 81.2 Å². The van der Waals surface area contributed by atoms with E-state index in [9.17, 15) is 14.0 Å². The van der Waals surface area contributed by atoms with Crippen LogP contribution in [0.1, 0.15) is 23.0 Å². The normalized spacial score (nSPS) is 11.6. The van der Waals surface area contributed by atoms with Crippen molar-refractivity contribution < 1.29 is 18.7 Å². The van der Waals surface area contributed by atoms with Gasteiger partial charge in [-0.15, -0.1) is 0 Å². The number of aromatic nitrogens is 2. The molecule has 1 aromatic carbocycles. The Morgan fingerprint density at radius 3 is 2.65 bits per heavy atom. The lowest BCUT2D eigenvalue weighted by molar-refractivity contribution is -0.129. The summed E-state index contributed by atoms with van der Waals surface area (Å²) in [6.07, 6.45) is 3.67. The zero-order chi connectivity index (χ0) is 16.7. The number of esters is 1. The molecule has 0 radical (unpaired) electrons. The minimum atomic E-state index is -0.947. The van der Waals surface area contributed by atoms with E-state index in [4.69, 9.17) is 4.74 Å². The summed E-state index contributed by atoms with van der Waals surface area (Å²) in [5, 5.41) is 2.66. The van der Waals surface area contributed by atoms with E-state index in [1.807, 2.05) is 0 Å². The van der Waals surface area contributed by atoms with Crippen LogP contribution in [-0.2, 0) is 16.0 Å². The summed E-state index contributed by atoms with van der Waals surface area (Å²) in [4.78, 5) is 31.2. The lowest BCUT2D eigenvalue weighted by atomic mass is 10.1. The molecule has 1 amide bonds. The highest BCUT2D eigenvalue weighted by atomic mass is 19.1. The fourth-order valence-electron chi connectivity index (χ4n) is 1.80. The molecular weight excluding hydrogens is 301 g/mol. The highest BCUT2D eigenvalue weighted by Crippen LogP contribution is 2.03. The fourth-order valence-corrected chi connectivity index (χ4v) is 1.80. The number of amides is 1. The van der Waals surface area contributed by atoms with Crippen LogP contribution in [0.4, 0.5) is 4.39 Å². The fraction of sp³-hybridized carbons (Fsp3) is 0.250. The van der Waals surface area contributed by atoms with E-state index >= 15 is 0 Å². The average Bonchev–Trinajstić information content (AvgIpc) is 2.57. The molecule has 0 spiro atoms. The molecule has 120 valence electrons. The minimum absolute atomic E-state index is 0.0402. The van der Waals surface area contributed by atoms with E-state index in [2.05, 4.69) is 15.3 Å². The Kier molecular flexibility index (Phi) is 5.74. The summed E-state index contributed by atoms with van der Waals surface area (Å²) >= 11 is 0. The van der Waals surface area contributed by atoms with Crippen molar-refractivity contribution in [1.82, 2.24) is 15.3 Å². The van der Waals surface area contributed by atoms with Crippen molar-refractivity contribution in [1.29, 1.82) is 0 Å². The molecule has 0 saturated carbocycles. The van der Waals surface area contributed by atoms with Crippen LogP contribution in [0.15, 0.2) is 42.9 Å². The summed E-state index contributed by atoms with van der Waals surface area (Å²) in [5.41, 5.74) is 0.939. The Morgan fingerprint density at radius 1 is 1.26 bits per heavy atom. The Balaban J connectivity index is 1.76. The van der Waals surface area contributed by atoms with Crippen molar-refractivity contribution in [3.05, 3.63) is 59.9 Å². The number of rotatable bonds is 6. The molecule has 1 N–H and O–H groups in total. The predicted octanol–water partition coefficient (Wildman–Crippen LogP) is 1.52. The van der Waals surface area contributed by atoms with Gasteiger partial charge in [0.15, 0.2) is 11.8 Å². The number of carbonyl (C=O) groups is 2. The number of nitrogens with zero attached hydrogens (tertiary/aromatic N) is 2. The zero-order valence-corrected chi connectivity index (χ0v) is 12.5. The molecule has 0 fully saturated rings. The molecule has 7 heteroatoms. The lowest BCUT2D eigenvalue weighted by Crippen LogP contribution is -2.37. The maximum Gasteiger partial charge on any atom is 0.359 e. The summed E-state index contributed by atoms with van der Waals surface area (Å²) in [7, 11) is 0. The second-order valence-electron chi connectivity index (χ2n) is 4.81. The molecule has 2 rings (SSSR count). The molecule has 1 heterocycles. The maximum atomic E-state index is 12.8. The molecule has 0 unspecified atom stereocenters.